The highest BCUT2D eigenvalue weighted by Crippen LogP contribution is 2.02. The van der Waals surface area contributed by atoms with Crippen molar-refractivity contribution in [2.75, 3.05) is 23.4 Å². The van der Waals surface area contributed by atoms with E-state index in [0.717, 1.165) is 5.69 Å². The zero-order chi connectivity index (χ0) is 11.1. The van der Waals surface area contributed by atoms with Crippen LogP contribution in [0, 0.1) is 6.92 Å². The van der Waals surface area contributed by atoms with E-state index in [1.165, 1.54) is 11.8 Å². The molecule has 0 spiro atoms. The van der Waals surface area contributed by atoms with E-state index in [1.807, 2.05) is 6.92 Å². The molecule has 0 aliphatic carbocycles. The van der Waals surface area contributed by atoms with E-state index in [9.17, 15) is 4.79 Å². The van der Waals surface area contributed by atoms with Crippen LogP contribution in [0.5, 0.6) is 0 Å². The van der Waals surface area contributed by atoms with Gasteiger partial charge in [0, 0.05) is 17.6 Å². The van der Waals surface area contributed by atoms with Gasteiger partial charge in [0.2, 0.25) is 11.9 Å². The highest BCUT2D eigenvalue weighted by molar-refractivity contribution is 7.99. The second kappa shape index (κ2) is 6.36. The molecule has 0 radical (unpaired) electrons. The van der Waals surface area contributed by atoms with Gasteiger partial charge in [-0.25, -0.2) is 9.97 Å². The average molecular weight is 227 g/mol. The molecular weight excluding hydrogens is 214 g/mol. The Hall–Kier alpha value is -1.14. The first-order chi connectivity index (χ1) is 7.22. The van der Waals surface area contributed by atoms with E-state index in [2.05, 4.69) is 15.3 Å². The summed E-state index contributed by atoms with van der Waals surface area (Å²) in [7, 11) is 0. The van der Waals surface area contributed by atoms with Crippen molar-refractivity contribution in [1.29, 1.82) is 0 Å². The molecule has 15 heavy (non-hydrogen) atoms. The van der Waals surface area contributed by atoms with Crippen molar-refractivity contribution in [3.8, 4) is 0 Å². The zero-order valence-electron chi connectivity index (χ0n) is 8.43. The van der Waals surface area contributed by atoms with Gasteiger partial charge in [-0.05, 0) is 13.0 Å². The Labute approximate surface area is 92.3 Å². The second-order valence-corrected chi connectivity index (χ2v) is 3.95. The summed E-state index contributed by atoms with van der Waals surface area (Å²) in [5, 5.41) is 11.1. The molecule has 0 saturated heterocycles. The molecule has 0 fully saturated rings. The summed E-state index contributed by atoms with van der Waals surface area (Å²) in [6.07, 6.45) is 1.60. The van der Waals surface area contributed by atoms with E-state index in [-0.39, 0.29) is 12.5 Å². The Kier molecular flexibility index (Phi) is 5.06. The minimum Gasteiger partial charge on any atom is -0.396 e. The number of carbonyl (C=O) groups is 1. The van der Waals surface area contributed by atoms with Crippen LogP contribution in [0.2, 0.25) is 0 Å². The third-order valence-corrected chi connectivity index (χ3v) is 2.45. The van der Waals surface area contributed by atoms with Gasteiger partial charge in [0.1, 0.15) is 0 Å². The van der Waals surface area contributed by atoms with Crippen LogP contribution in [0.1, 0.15) is 5.69 Å². The molecule has 1 rings (SSSR count). The van der Waals surface area contributed by atoms with Crippen LogP contribution in [0.25, 0.3) is 0 Å². The fourth-order valence-electron chi connectivity index (χ4n) is 0.899. The lowest BCUT2D eigenvalue weighted by Crippen LogP contribution is -2.16. The number of aryl methyl sites for hydroxylation is 1. The average Bonchev–Trinajstić information content (AvgIpc) is 2.18. The van der Waals surface area contributed by atoms with Crippen LogP contribution < -0.4 is 5.32 Å². The fraction of sp³-hybridized carbons (Fsp3) is 0.444. The van der Waals surface area contributed by atoms with Crippen LogP contribution in [0.4, 0.5) is 5.95 Å². The van der Waals surface area contributed by atoms with Gasteiger partial charge < -0.3 is 5.11 Å². The number of anilines is 1. The molecule has 82 valence electrons. The van der Waals surface area contributed by atoms with E-state index < -0.39 is 0 Å². The lowest BCUT2D eigenvalue weighted by molar-refractivity contribution is -0.113. The summed E-state index contributed by atoms with van der Waals surface area (Å²) < 4.78 is 0. The predicted octanol–water partition coefficient (Wildman–Crippen LogP) is 0.449. The number of aromatic nitrogens is 2. The Morgan fingerprint density at radius 2 is 2.47 bits per heavy atom. The van der Waals surface area contributed by atoms with Crippen molar-refractivity contribution in [3.63, 3.8) is 0 Å². The summed E-state index contributed by atoms with van der Waals surface area (Å²) in [5.41, 5.74) is 0.809. The Balaban J connectivity index is 2.37. The van der Waals surface area contributed by atoms with Crippen molar-refractivity contribution in [1.82, 2.24) is 9.97 Å². The van der Waals surface area contributed by atoms with Crippen LogP contribution in [0.15, 0.2) is 12.3 Å². The summed E-state index contributed by atoms with van der Waals surface area (Å²) >= 11 is 1.37. The number of aliphatic hydroxyl groups excluding tert-OH is 1. The van der Waals surface area contributed by atoms with E-state index in [1.54, 1.807) is 12.3 Å². The van der Waals surface area contributed by atoms with E-state index in [4.69, 9.17) is 5.11 Å². The quantitative estimate of drug-likeness (QED) is 0.714. The number of hydrogen-bond donors (Lipinski definition) is 2. The van der Waals surface area contributed by atoms with Gasteiger partial charge in [0.15, 0.2) is 0 Å². The maximum Gasteiger partial charge on any atom is 0.236 e. The molecular formula is C9H13N3O2S. The first-order valence-corrected chi connectivity index (χ1v) is 5.66. The SMILES string of the molecule is Cc1ccnc(NC(=O)CSCCO)n1. The second-order valence-electron chi connectivity index (χ2n) is 2.85. The third-order valence-electron chi connectivity index (χ3n) is 1.51. The fourth-order valence-corrected chi connectivity index (χ4v) is 1.43. The third kappa shape index (κ3) is 4.75. The zero-order valence-corrected chi connectivity index (χ0v) is 9.25. The Morgan fingerprint density at radius 3 is 3.13 bits per heavy atom. The highest BCUT2D eigenvalue weighted by atomic mass is 32.2. The lowest BCUT2D eigenvalue weighted by atomic mass is 10.5. The molecule has 0 aliphatic heterocycles. The van der Waals surface area contributed by atoms with Crippen molar-refractivity contribution in [2.45, 2.75) is 6.92 Å². The Bertz CT molecular complexity index is 333. The largest absolute Gasteiger partial charge is 0.396 e. The molecule has 0 unspecified atom stereocenters. The summed E-state index contributed by atoms with van der Waals surface area (Å²) in [6, 6.07) is 1.76. The summed E-state index contributed by atoms with van der Waals surface area (Å²) in [6.45, 7) is 1.91. The van der Waals surface area contributed by atoms with Gasteiger partial charge in [-0.15, -0.1) is 11.8 Å². The maximum absolute atomic E-state index is 11.3. The van der Waals surface area contributed by atoms with Gasteiger partial charge >= 0.3 is 0 Å². The van der Waals surface area contributed by atoms with Gasteiger partial charge in [-0.1, -0.05) is 0 Å². The molecule has 0 saturated carbocycles. The normalized spacial score (nSPS) is 10.0. The van der Waals surface area contributed by atoms with Crippen molar-refractivity contribution < 1.29 is 9.90 Å². The topological polar surface area (TPSA) is 75.1 Å². The maximum atomic E-state index is 11.3. The molecule has 1 aromatic rings. The standard InChI is InChI=1S/C9H13N3O2S/c1-7-2-3-10-9(11-7)12-8(14)6-15-5-4-13/h2-3,13H,4-6H2,1H3,(H,10,11,12,14). The van der Waals surface area contributed by atoms with Crippen LogP contribution in [-0.2, 0) is 4.79 Å². The smallest absolute Gasteiger partial charge is 0.236 e. The first kappa shape index (κ1) is 11.9. The molecule has 6 heteroatoms. The van der Waals surface area contributed by atoms with Crippen molar-refractivity contribution >= 4 is 23.6 Å². The number of hydrogen-bond acceptors (Lipinski definition) is 5. The van der Waals surface area contributed by atoms with Gasteiger partial charge in [-0.2, -0.15) is 0 Å². The molecule has 1 amide bonds. The van der Waals surface area contributed by atoms with Crippen LogP contribution in [-0.4, -0.2) is 39.1 Å². The van der Waals surface area contributed by atoms with Crippen LogP contribution >= 0.6 is 11.8 Å². The van der Waals surface area contributed by atoms with Crippen LogP contribution in [0.3, 0.4) is 0 Å². The number of rotatable bonds is 5. The minimum absolute atomic E-state index is 0.0822. The van der Waals surface area contributed by atoms with Gasteiger partial charge in [0.25, 0.3) is 0 Å². The minimum atomic E-state index is -0.154. The molecule has 1 aromatic heterocycles. The number of amides is 1. The summed E-state index contributed by atoms with van der Waals surface area (Å²) in [5.74, 6) is 1.03. The monoisotopic (exact) mass is 227 g/mol. The predicted molar refractivity (Wildman–Crippen MR) is 59.8 cm³/mol. The van der Waals surface area contributed by atoms with E-state index >= 15 is 0 Å². The van der Waals surface area contributed by atoms with Crippen molar-refractivity contribution in [2.24, 2.45) is 0 Å². The number of carbonyl (C=O) groups excluding carboxylic acids is 1. The number of aliphatic hydroxyl groups is 1. The number of nitrogens with zero attached hydrogens (tertiary/aromatic N) is 2. The number of nitrogens with one attached hydrogen (secondary N) is 1. The Morgan fingerprint density at radius 1 is 1.67 bits per heavy atom. The van der Waals surface area contributed by atoms with E-state index in [0.29, 0.717) is 17.5 Å². The number of thioether (sulfide) groups is 1. The molecule has 0 aromatic carbocycles. The van der Waals surface area contributed by atoms with Gasteiger partial charge in [-0.3, -0.25) is 10.1 Å². The highest BCUT2D eigenvalue weighted by Gasteiger charge is 2.03. The molecule has 2 N–H and O–H groups in total. The molecule has 0 atom stereocenters. The van der Waals surface area contributed by atoms with Gasteiger partial charge in [0.05, 0.1) is 12.4 Å². The van der Waals surface area contributed by atoms with Crippen molar-refractivity contribution in [3.05, 3.63) is 18.0 Å². The molecule has 0 aliphatic rings. The molecule has 1 heterocycles. The molecule has 0 bridgehead atoms. The lowest BCUT2D eigenvalue weighted by Gasteiger charge is -2.02. The molecule has 5 nitrogen and oxygen atoms in total. The first-order valence-electron chi connectivity index (χ1n) is 4.50. The summed E-state index contributed by atoms with van der Waals surface area (Å²) in [4.78, 5) is 19.3.